The van der Waals surface area contributed by atoms with E-state index in [1.165, 1.54) is 7.11 Å². The molecular weight excluding hydrogens is 402 g/mol. The number of H-pyrrole nitrogens is 1. The molecule has 1 aliphatic rings. The Morgan fingerprint density at radius 1 is 1.24 bits per heavy atom. The molecule has 154 valence electrons. The number of rotatable bonds is 5. The van der Waals surface area contributed by atoms with E-state index in [0.717, 1.165) is 19.0 Å². The van der Waals surface area contributed by atoms with Crippen molar-refractivity contribution >= 4 is 35.0 Å². The van der Waals surface area contributed by atoms with Crippen molar-refractivity contribution in [2.24, 2.45) is 0 Å². The third-order valence-electron chi connectivity index (χ3n) is 5.06. The lowest BCUT2D eigenvalue weighted by Gasteiger charge is -2.15. The number of fused-ring (bicyclic) bond motifs is 1. The maximum atomic E-state index is 13.4. The van der Waals surface area contributed by atoms with Crippen LogP contribution in [0.2, 0.25) is 0 Å². The fourth-order valence-corrected chi connectivity index (χ4v) is 4.29. The van der Waals surface area contributed by atoms with Crippen LogP contribution in [0.1, 0.15) is 29.9 Å². The van der Waals surface area contributed by atoms with Gasteiger partial charge in [-0.05, 0) is 61.9 Å². The molecule has 2 N–H and O–H groups in total. The second-order valence-electron chi connectivity index (χ2n) is 7.66. The van der Waals surface area contributed by atoms with Crippen LogP contribution in [0.15, 0.2) is 30.5 Å². The van der Waals surface area contributed by atoms with Gasteiger partial charge in [-0.1, -0.05) is 0 Å². The number of nitrogens with zero attached hydrogens (tertiary/aromatic N) is 1. The van der Waals surface area contributed by atoms with E-state index in [9.17, 15) is 17.7 Å². The number of ether oxygens (including phenoxy) is 1. The van der Waals surface area contributed by atoms with Crippen molar-refractivity contribution in [3.63, 3.8) is 0 Å². The number of alkyl halides is 3. The minimum absolute atomic E-state index is 0.105. The molecule has 1 fully saturated rings. The molecule has 0 spiro atoms. The molecule has 0 aliphatic heterocycles. The Labute approximate surface area is 166 Å². The molecule has 1 saturated carbocycles. The molecule has 1 aromatic carbocycles. The van der Waals surface area contributed by atoms with Gasteiger partial charge in [0.15, 0.2) is 0 Å². The smallest absolute Gasteiger partial charge is 0.418 e. The second-order valence-corrected chi connectivity index (χ2v) is 10.9. The maximum absolute atomic E-state index is 13.4. The van der Waals surface area contributed by atoms with Crippen LogP contribution in [-0.2, 0) is 10.7 Å². The fraction of sp³-hybridized carbons (Fsp3) is 0.350. The minimum Gasteiger partial charge on any atom is -0.495 e. The summed E-state index contributed by atoms with van der Waals surface area (Å²) in [5.74, 6) is 1.02. The van der Waals surface area contributed by atoms with Gasteiger partial charge in [0, 0.05) is 16.9 Å². The highest BCUT2D eigenvalue weighted by Crippen LogP contribution is 2.47. The second kappa shape index (κ2) is 6.80. The van der Waals surface area contributed by atoms with E-state index in [4.69, 9.17) is 4.74 Å². The third kappa shape index (κ3) is 3.86. The van der Waals surface area contributed by atoms with Crippen LogP contribution < -0.4 is 15.4 Å². The van der Waals surface area contributed by atoms with Crippen molar-refractivity contribution in [3.05, 3.63) is 41.6 Å². The lowest BCUT2D eigenvalue weighted by Crippen LogP contribution is -2.07. The predicted molar refractivity (Wildman–Crippen MR) is 108 cm³/mol. The van der Waals surface area contributed by atoms with Crippen LogP contribution in [0.3, 0.4) is 0 Å². The minimum atomic E-state index is -4.44. The lowest BCUT2D eigenvalue weighted by molar-refractivity contribution is -0.136. The first-order valence-electron chi connectivity index (χ1n) is 9.18. The van der Waals surface area contributed by atoms with Crippen molar-refractivity contribution in [1.29, 1.82) is 0 Å². The number of hydrogen-bond donors (Lipinski definition) is 2. The highest BCUT2D eigenvalue weighted by atomic mass is 31.2. The third-order valence-corrected chi connectivity index (χ3v) is 6.59. The van der Waals surface area contributed by atoms with E-state index in [1.807, 2.05) is 0 Å². The maximum Gasteiger partial charge on any atom is 0.418 e. The van der Waals surface area contributed by atoms with Gasteiger partial charge in [0.1, 0.15) is 24.4 Å². The molecule has 0 atom stereocenters. The fourth-order valence-electron chi connectivity index (χ4n) is 3.43. The van der Waals surface area contributed by atoms with Gasteiger partial charge in [-0.15, -0.1) is 0 Å². The van der Waals surface area contributed by atoms with Gasteiger partial charge in [-0.3, -0.25) is 0 Å². The summed E-state index contributed by atoms with van der Waals surface area (Å²) in [5.41, 5.74) is 0.762. The SMILES string of the molecule is COc1cc(P(C)(C)=O)ccc1Nc1cc(C2CC2)c2c(C(F)(F)F)c[nH]c2n1. The zero-order valence-corrected chi connectivity index (χ0v) is 17.1. The Morgan fingerprint density at radius 3 is 2.55 bits per heavy atom. The molecule has 0 bridgehead atoms. The van der Waals surface area contributed by atoms with E-state index in [-0.39, 0.29) is 17.0 Å². The molecule has 1 aliphatic carbocycles. The predicted octanol–water partition coefficient (Wildman–Crippen LogP) is 5.46. The summed E-state index contributed by atoms with van der Waals surface area (Å²) in [7, 11) is -0.947. The molecule has 29 heavy (non-hydrogen) atoms. The average molecular weight is 423 g/mol. The highest BCUT2D eigenvalue weighted by Gasteiger charge is 2.37. The summed E-state index contributed by atoms with van der Waals surface area (Å²) in [6.07, 6.45) is -1.74. The summed E-state index contributed by atoms with van der Waals surface area (Å²) in [6.45, 7) is 3.35. The zero-order chi connectivity index (χ0) is 21.0. The summed E-state index contributed by atoms with van der Waals surface area (Å²) >= 11 is 0. The normalized spacial score (nSPS) is 15.0. The van der Waals surface area contributed by atoms with Crippen molar-refractivity contribution in [2.45, 2.75) is 24.9 Å². The van der Waals surface area contributed by atoms with Gasteiger partial charge in [0.2, 0.25) is 0 Å². The number of pyridine rings is 1. The number of methoxy groups -OCH3 is 1. The Bertz CT molecular complexity index is 1130. The van der Waals surface area contributed by atoms with Gasteiger partial charge in [-0.25, -0.2) is 4.98 Å². The van der Waals surface area contributed by atoms with Crippen molar-refractivity contribution in [2.75, 3.05) is 25.8 Å². The molecule has 0 unspecified atom stereocenters. The Balaban J connectivity index is 1.77. The van der Waals surface area contributed by atoms with Crippen molar-refractivity contribution in [3.8, 4) is 5.75 Å². The van der Waals surface area contributed by atoms with E-state index in [2.05, 4.69) is 15.3 Å². The number of anilines is 2. The number of hydrogen-bond acceptors (Lipinski definition) is 4. The first-order chi connectivity index (χ1) is 13.6. The molecule has 0 amide bonds. The van der Waals surface area contributed by atoms with Crippen LogP contribution in [0.4, 0.5) is 24.7 Å². The van der Waals surface area contributed by atoms with Gasteiger partial charge in [-0.2, -0.15) is 13.2 Å². The van der Waals surface area contributed by atoms with Crippen LogP contribution in [-0.4, -0.2) is 30.4 Å². The van der Waals surface area contributed by atoms with E-state index in [1.54, 1.807) is 37.6 Å². The molecule has 9 heteroatoms. The Kier molecular flexibility index (Phi) is 4.65. The summed E-state index contributed by atoms with van der Waals surface area (Å²) in [4.78, 5) is 7.01. The van der Waals surface area contributed by atoms with Crippen LogP contribution in [0.5, 0.6) is 5.75 Å². The standard InChI is InChI=1S/C20H21F3N3O2P/c1-28-16-8-12(29(2,3)27)6-7-15(16)25-17-9-13(11-4-5-11)18-14(20(21,22)23)10-24-19(18)26-17/h6-11H,4-5H2,1-3H3,(H2,24,25,26). The first kappa shape index (κ1) is 19.8. The molecular formula is C20H21F3N3O2P. The number of aromatic nitrogens is 2. The lowest BCUT2D eigenvalue weighted by atomic mass is 10.0. The quantitative estimate of drug-likeness (QED) is 0.535. The number of aromatic amines is 1. The largest absolute Gasteiger partial charge is 0.495 e. The van der Waals surface area contributed by atoms with Crippen LogP contribution in [0, 0.1) is 0 Å². The molecule has 2 heterocycles. The topological polar surface area (TPSA) is 67.0 Å². The van der Waals surface area contributed by atoms with Gasteiger partial charge in [0.25, 0.3) is 0 Å². The number of halogens is 3. The summed E-state index contributed by atoms with van der Waals surface area (Å²) < 4.78 is 57.9. The average Bonchev–Trinajstić information content (AvgIpc) is 3.38. The highest BCUT2D eigenvalue weighted by molar-refractivity contribution is 7.70. The first-order valence-corrected chi connectivity index (χ1v) is 11.8. The Morgan fingerprint density at radius 2 is 1.97 bits per heavy atom. The zero-order valence-electron chi connectivity index (χ0n) is 16.2. The van der Waals surface area contributed by atoms with Crippen LogP contribution >= 0.6 is 7.14 Å². The molecule has 3 aromatic rings. The molecule has 0 radical (unpaired) electrons. The van der Waals surface area contributed by atoms with Crippen LogP contribution in [0.25, 0.3) is 11.0 Å². The van der Waals surface area contributed by atoms with E-state index >= 15 is 0 Å². The van der Waals surface area contributed by atoms with Crippen molar-refractivity contribution < 1.29 is 22.5 Å². The molecule has 0 saturated heterocycles. The summed E-state index contributed by atoms with van der Waals surface area (Å²) in [6, 6.07) is 6.88. The van der Waals surface area contributed by atoms with E-state index in [0.29, 0.717) is 28.1 Å². The summed E-state index contributed by atoms with van der Waals surface area (Å²) in [5, 5.41) is 3.96. The number of benzene rings is 1. The van der Waals surface area contributed by atoms with E-state index < -0.39 is 18.9 Å². The molecule has 2 aromatic heterocycles. The molecule has 5 nitrogen and oxygen atoms in total. The Hall–Kier alpha value is -2.47. The van der Waals surface area contributed by atoms with Gasteiger partial charge >= 0.3 is 6.18 Å². The number of nitrogens with one attached hydrogen (secondary N) is 2. The molecule has 4 rings (SSSR count). The van der Waals surface area contributed by atoms with Gasteiger partial charge < -0.3 is 19.6 Å². The van der Waals surface area contributed by atoms with Crippen molar-refractivity contribution in [1.82, 2.24) is 9.97 Å². The van der Waals surface area contributed by atoms with Gasteiger partial charge in [0.05, 0.1) is 18.4 Å². The monoisotopic (exact) mass is 423 g/mol.